The van der Waals surface area contributed by atoms with Crippen molar-refractivity contribution in [2.45, 2.75) is 33.8 Å². The predicted molar refractivity (Wildman–Crippen MR) is 106 cm³/mol. The van der Waals surface area contributed by atoms with Crippen LogP contribution >= 0.6 is 0 Å². The number of hydrogen-bond acceptors (Lipinski definition) is 5. The molecule has 6 nitrogen and oxygen atoms in total. The maximum absolute atomic E-state index is 11.0. The van der Waals surface area contributed by atoms with Gasteiger partial charge in [-0.05, 0) is 49.1 Å². The van der Waals surface area contributed by atoms with E-state index in [1.807, 2.05) is 20.8 Å². The van der Waals surface area contributed by atoms with Gasteiger partial charge in [0.05, 0.1) is 18.1 Å². The first-order valence-electron chi connectivity index (χ1n) is 8.75. The molecule has 1 aromatic heterocycles. The zero-order valence-corrected chi connectivity index (χ0v) is 16.2. The summed E-state index contributed by atoms with van der Waals surface area (Å²) in [5.74, 6) is -0.741. The molecule has 144 valence electrons. The highest BCUT2D eigenvalue weighted by atomic mass is 16.5. The molecule has 0 amide bonds. The van der Waals surface area contributed by atoms with Gasteiger partial charge < -0.3 is 14.6 Å². The number of ether oxygens (including phenoxy) is 2. The van der Waals surface area contributed by atoms with E-state index >= 15 is 0 Å². The van der Waals surface area contributed by atoms with Gasteiger partial charge in [0.2, 0.25) is 5.88 Å². The lowest BCUT2D eigenvalue weighted by Crippen LogP contribution is -2.07. The van der Waals surface area contributed by atoms with Gasteiger partial charge in [-0.25, -0.2) is 9.78 Å². The molecule has 0 spiro atoms. The van der Waals surface area contributed by atoms with E-state index in [1.165, 1.54) is 24.7 Å². The number of carboxylic acid groups (broad SMARTS) is 1. The Bertz CT molecular complexity index is 954. The van der Waals surface area contributed by atoms with Crippen molar-refractivity contribution in [3.05, 3.63) is 76.9 Å². The third kappa shape index (κ3) is 4.57. The van der Waals surface area contributed by atoms with E-state index in [0.717, 1.165) is 28.0 Å². The lowest BCUT2D eigenvalue weighted by atomic mass is 9.96. The van der Waals surface area contributed by atoms with Crippen LogP contribution in [-0.2, 0) is 17.8 Å². The van der Waals surface area contributed by atoms with Crippen LogP contribution in [0.2, 0.25) is 0 Å². The molecule has 2 rings (SSSR count). The summed E-state index contributed by atoms with van der Waals surface area (Å²) in [5.41, 5.74) is 4.54. The van der Waals surface area contributed by atoms with Crippen LogP contribution in [0, 0.1) is 18.3 Å². The van der Waals surface area contributed by atoms with Crippen molar-refractivity contribution in [2.75, 3.05) is 0 Å². The molecule has 0 unspecified atom stereocenters. The largest absolute Gasteiger partial charge is 0.478 e. The molecule has 0 saturated heterocycles. The predicted octanol–water partition coefficient (Wildman–Crippen LogP) is 4.62. The van der Waals surface area contributed by atoms with Crippen molar-refractivity contribution in [1.29, 1.82) is 5.26 Å². The maximum Gasteiger partial charge on any atom is 0.335 e. The van der Waals surface area contributed by atoms with Crippen molar-refractivity contribution in [1.82, 2.24) is 4.98 Å². The number of aryl methyl sites for hydroxylation is 1. The minimum absolute atomic E-state index is 0.166. The van der Waals surface area contributed by atoms with Gasteiger partial charge in [-0.1, -0.05) is 25.6 Å². The SMILES string of the molecule is C=CO/C=C(\C)c1c(C)c(CC)nc(OCc2ccc(C(=O)O)cc2)c1C#N. The molecule has 0 atom stereocenters. The smallest absolute Gasteiger partial charge is 0.335 e. The molecule has 28 heavy (non-hydrogen) atoms. The third-order valence-electron chi connectivity index (χ3n) is 4.27. The van der Waals surface area contributed by atoms with Crippen LogP contribution in [0.3, 0.4) is 0 Å². The van der Waals surface area contributed by atoms with Crippen LogP contribution in [0.1, 0.15) is 52.2 Å². The molecule has 0 fully saturated rings. The number of hydrogen-bond donors (Lipinski definition) is 1. The van der Waals surface area contributed by atoms with E-state index in [2.05, 4.69) is 17.6 Å². The highest BCUT2D eigenvalue weighted by Crippen LogP contribution is 2.31. The zero-order chi connectivity index (χ0) is 20.7. The van der Waals surface area contributed by atoms with Crippen LogP contribution in [0.15, 0.2) is 43.4 Å². The summed E-state index contributed by atoms with van der Waals surface area (Å²) >= 11 is 0. The van der Waals surface area contributed by atoms with E-state index in [4.69, 9.17) is 14.6 Å². The highest BCUT2D eigenvalue weighted by molar-refractivity contribution is 5.87. The Labute approximate surface area is 164 Å². The van der Waals surface area contributed by atoms with Crippen molar-refractivity contribution < 1.29 is 19.4 Å². The van der Waals surface area contributed by atoms with Gasteiger partial charge in [0, 0.05) is 11.3 Å². The zero-order valence-electron chi connectivity index (χ0n) is 16.2. The summed E-state index contributed by atoms with van der Waals surface area (Å²) in [5, 5.41) is 18.7. The maximum atomic E-state index is 11.0. The summed E-state index contributed by atoms with van der Waals surface area (Å²) in [6.45, 7) is 9.43. The Balaban J connectivity index is 2.41. The molecule has 0 aliphatic rings. The van der Waals surface area contributed by atoms with Gasteiger partial charge in [0.1, 0.15) is 18.2 Å². The van der Waals surface area contributed by atoms with Gasteiger partial charge in [-0.15, -0.1) is 0 Å². The first-order chi connectivity index (χ1) is 13.4. The molecule has 0 radical (unpaired) electrons. The number of carboxylic acids is 1. The van der Waals surface area contributed by atoms with Gasteiger partial charge >= 0.3 is 5.97 Å². The number of benzene rings is 1. The topological polar surface area (TPSA) is 92.4 Å². The summed E-state index contributed by atoms with van der Waals surface area (Å²) in [6.07, 6.45) is 3.53. The molecule has 0 bridgehead atoms. The number of nitrogens with zero attached hydrogens (tertiary/aromatic N) is 2. The number of pyridine rings is 1. The normalized spacial score (nSPS) is 10.9. The number of nitriles is 1. The Kier molecular flexibility index (Phi) is 6.94. The molecule has 6 heteroatoms. The van der Waals surface area contributed by atoms with Crippen LogP contribution in [0.25, 0.3) is 5.57 Å². The molecule has 0 saturated carbocycles. The van der Waals surface area contributed by atoms with E-state index in [9.17, 15) is 10.1 Å². The van der Waals surface area contributed by atoms with Crippen LogP contribution in [0.4, 0.5) is 0 Å². The quantitative estimate of drug-likeness (QED) is 0.674. The summed E-state index contributed by atoms with van der Waals surface area (Å²) in [4.78, 5) is 15.5. The first kappa shape index (κ1) is 20.7. The fraction of sp³-hybridized carbons (Fsp3) is 0.227. The Morgan fingerprint density at radius 2 is 2.04 bits per heavy atom. The molecule has 1 heterocycles. The Hall–Kier alpha value is -3.59. The lowest BCUT2D eigenvalue weighted by Gasteiger charge is -2.16. The summed E-state index contributed by atoms with van der Waals surface area (Å²) < 4.78 is 11.0. The molecule has 0 aliphatic carbocycles. The molecule has 1 aromatic carbocycles. The number of rotatable bonds is 8. The van der Waals surface area contributed by atoms with Gasteiger partial charge in [-0.3, -0.25) is 0 Å². The first-order valence-corrected chi connectivity index (χ1v) is 8.75. The number of carbonyl (C=O) groups is 1. The van der Waals surface area contributed by atoms with E-state index in [1.54, 1.807) is 12.1 Å². The van der Waals surface area contributed by atoms with Gasteiger partial charge in [0.25, 0.3) is 0 Å². The minimum atomic E-state index is -0.985. The molecule has 1 N–H and O–H groups in total. The summed E-state index contributed by atoms with van der Waals surface area (Å²) in [7, 11) is 0. The monoisotopic (exact) mass is 378 g/mol. The van der Waals surface area contributed by atoms with Crippen LogP contribution < -0.4 is 4.74 Å². The van der Waals surface area contributed by atoms with Crippen LogP contribution in [-0.4, -0.2) is 16.1 Å². The molecular weight excluding hydrogens is 356 g/mol. The second kappa shape index (κ2) is 9.38. The van der Waals surface area contributed by atoms with Gasteiger partial charge in [0.15, 0.2) is 0 Å². The number of aromatic carboxylic acids is 1. The Morgan fingerprint density at radius 1 is 1.36 bits per heavy atom. The molecule has 2 aromatic rings. The standard InChI is InChI=1S/C22H22N2O4/c1-5-19-15(4)20(14(3)12-27-6-2)18(11-23)21(24-19)28-13-16-7-9-17(10-8-16)22(25)26/h6-10,12H,2,5,13H2,1,3-4H3,(H,25,26)/b14-12+. The average molecular weight is 378 g/mol. The van der Waals surface area contributed by atoms with Gasteiger partial charge in [-0.2, -0.15) is 5.26 Å². The van der Waals surface area contributed by atoms with Crippen LogP contribution in [0.5, 0.6) is 5.88 Å². The highest BCUT2D eigenvalue weighted by Gasteiger charge is 2.19. The fourth-order valence-corrected chi connectivity index (χ4v) is 2.85. The minimum Gasteiger partial charge on any atom is -0.478 e. The van der Waals surface area contributed by atoms with Crippen molar-refractivity contribution >= 4 is 11.5 Å². The number of aromatic nitrogens is 1. The second-order valence-corrected chi connectivity index (χ2v) is 6.10. The van der Waals surface area contributed by atoms with Crippen molar-refractivity contribution in [3.63, 3.8) is 0 Å². The van der Waals surface area contributed by atoms with E-state index < -0.39 is 5.97 Å². The Morgan fingerprint density at radius 3 is 2.57 bits per heavy atom. The fourth-order valence-electron chi connectivity index (χ4n) is 2.85. The average Bonchev–Trinajstić information content (AvgIpc) is 2.70. The summed E-state index contributed by atoms with van der Waals surface area (Å²) in [6, 6.07) is 8.56. The van der Waals surface area contributed by atoms with E-state index in [-0.39, 0.29) is 18.1 Å². The third-order valence-corrected chi connectivity index (χ3v) is 4.27. The van der Waals surface area contributed by atoms with Crippen molar-refractivity contribution in [3.8, 4) is 11.9 Å². The second-order valence-electron chi connectivity index (χ2n) is 6.10. The number of allylic oxidation sites excluding steroid dienone is 1. The van der Waals surface area contributed by atoms with E-state index in [0.29, 0.717) is 12.0 Å². The molecular formula is C22H22N2O4. The molecule has 0 aliphatic heterocycles. The van der Waals surface area contributed by atoms with Crippen molar-refractivity contribution in [2.24, 2.45) is 0 Å². The lowest BCUT2D eigenvalue weighted by molar-refractivity contribution is 0.0697.